The van der Waals surface area contributed by atoms with E-state index in [0.717, 1.165) is 6.42 Å². The summed E-state index contributed by atoms with van der Waals surface area (Å²) >= 11 is 0. The van der Waals surface area contributed by atoms with Crippen LogP contribution in [0, 0.1) is 0 Å². The molecule has 7 nitrogen and oxygen atoms in total. The summed E-state index contributed by atoms with van der Waals surface area (Å²) in [5.41, 5.74) is -0.824. The first-order valence-corrected chi connectivity index (χ1v) is 9.11. The van der Waals surface area contributed by atoms with E-state index in [4.69, 9.17) is 24.1 Å². The van der Waals surface area contributed by atoms with Crippen molar-refractivity contribution >= 4 is 11.9 Å². The lowest BCUT2D eigenvalue weighted by atomic mass is 10.2. The quantitative estimate of drug-likeness (QED) is 0.461. The van der Waals surface area contributed by atoms with Crippen molar-refractivity contribution in [2.75, 3.05) is 33.0 Å². The molecule has 0 amide bonds. The first-order valence-electron chi connectivity index (χ1n) is 9.11. The van der Waals surface area contributed by atoms with Crippen molar-refractivity contribution in [1.82, 2.24) is 0 Å². The average molecular weight is 379 g/mol. The van der Waals surface area contributed by atoms with Crippen molar-refractivity contribution in [3.63, 3.8) is 0 Å². The van der Waals surface area contributed by atoms with Gasteiger partial charge in [0.05, 0.1) is 39.3 Å². The zero-order valence-corrected chi connectivity index (χ0v) is 17.6. The highest BCUT2D eigenvalue weighted by atomic mass is 16.6. The molecule has 0 rings (SSSR count). The van der Waals surface area contributed by atoms with Crippen molar-refractivity contribution in [2.45, 2.75) is 78.9 Å². The molecule has 0 spiro atoms. The molecule has 0 saturated carbocycles. The van der Waals surface area contributed by atoms with Gasteiger partial charge in [0.25, 0.3) is 0 Å². The van der Waals surface area contributed by atoms with E-state index in [1.165, 1.54) is 0 Å². The summed E-state index contributed by atoms with van der Waals surface area (Å²) in [6, 6.07) is 0. The molecule has 0 aromatic rings. The Hall–Kier alpha value is -1.18. The van der Waals surface area contributed by atoms with E-state index < -0.39 is 5.60 Å². The largest absolute Gasteiger partial charge is 0.460 e. The zero-order valence-electron chi connectivity index (χ0n) is 17.6. The molecule has 0 saturated heterocycles. The molecule has 0 radical (unpaired) electrons. The van der Waals surface area contributed by atoms with E-state index in [2.05, 4.69) is 0 Å². The smallest absolute Gasteiger partial charge is 0.308 e. The van der Waals surface area contributed by atoms with Crippen molar-refractivity contribution in [3.8, 4) is 0 Å². The molecule has 0 aliphatic carbocycles. The molecule has 0 fully saturated rings. The van der Waals surface area contributed by atoms with Gasteiger partial charge in [-0.2, -0.15) is 0 Å². The van der Waals surface area contributed by atoms with Gasteiger partial charge in [-0.1, -0.05) is 6.92 Å². The highest BCUT2D eigenvalue weighted by molar-refractivity contribution is 5.70. The van der Waals surface area contributed by atoms with Crippen LogP contribution in [0.25, 0.3) is 0 Å². The third-order valence-electron chi connectivity index (χ3n) is 2.33. The second-order valence-electron chi connectivity index (χ2n) is 7.62. The Labute approximate surface area is 158 Å². The third-order valence-corrected chi connectivity index (χ3v) is 2.33. The lowest BCUT2D eigenvalue weighted by Gasteiger charge is -2.19. The van der Waals surface area contributed by atoms with Gasteiger partial charge in [-0.05, 0) is 48.0 Å². The fourth-order valence-corrected chi connectivity index (χ4v) is 1.51. The van der Waals surface area contributed by atoms with Crippen molar-refractivity contribution in [3.05, 3.63) is 0 Å². The average Bonchev–Trinajstić information content (AvgIpc) is 2.45. The van der Waals surface area contributed by atoms with E-state index in [-0.39, 0.29) is 37.2 Å². The minimum Gasteiger partial charge on any atom is -0.460 e. The standard InChI is InChI=1S/C10H20O3.C9H18O4/c1-5-7-12-8-6-9(11)13-10(2,3)4;1-9(2,3)13-8(11)4-6-12-7-5-10/h5-8H2,1-4H3;10H,4-7H2,1-3H3. The Morgan fingerprint density at radius 2 is 1.12 bits per heavy atom. The van der Waals surface area contributed by atoms with E-state index in [1.54, 1.807) is 0 Å². The van der Waals surface area contributed by atoms with Crippen LogP contribution in [0.4, 0.5) is 0 Å². The first kappa shape index (κ1) is 27.0. The number of esters is 2. The Balaban J connectivity index is 0. The molecule has 7 heteroatoms. The molecular formula is C19H38O7. The number of aliphatic hydroxyl groups excluding tert-OH is 1. The third kappa shape index (κ3) is 25.1. The fourth-order valence-electron chi connectivity index (χ4n) is 1.51. The highest BCUT2D eigenvalue weighted by Gasteiger charge is 2.16. The number of hydrogen-bond donors (Lipinski definition) is 1. The maximum Gasteiger partial charge on any atom is 0.308 e. The van der Waals surface area contributed by atoms with Crippen LogP contribution in [0.5, 0.6) is 0 Å². The molecule has 26 heavy (non-hydrogen) atoms. The Bertz CT molecular complexity index is 331. The first-order chi connectivity index (χ1) is 11.9. The van der Waals surface area contributed by atoms with Gasteiger partial charge in [0.2, 0.25) is 0 Å². The van der Waals surface area contributed by atoms with Crippen LogP contribution in [-0.2, 0) is 28.5 Å². The molecule has 0 atom stereocenters. The topological polar surface area (TPSA) is 91.3 Å². The van der Waals surface area contributed by atoms with Gasteiger partial charge >= 0.3 is 11.9 Å². The van der Waals surface area contributed by atoms with Gasteiger partial charge < -0.3 is 24.1 Å². The Morgan fingerprint density at radius 3 is 1.42 bits per heavy atom. The Kier molecular flexibility index (Phi) is 15.5. The molecule has 1 N–H and O–H groups in total. The Morgan fingerprint density at radius 1 is 0.731 bits per heavy atom. The molecule has 0 aliphatic rings. The second kappa shape index (κ2) is 14.9. The van der Waals surface area contributed by atoms with E-state index in [1.807, 2.05) is 48.5 Å². The lowest BCUT2D eigenvalue weighted by Crippen LogP contribution is -2.24. The van der Waals surface area contributed by atoms with E-state index in [0.29, 0.717) is 26.2 Å². The number of hydrogen-bond acceptors (Lipinski definition) is 7. The van der Waals surface area contributed by atoms with Gasteiger partial charge in [-0.3, -0.25) is 9.59 Å². The number of carbonyl (C=O) groups is 2. The van der Waals surface area contributed by atoms with Gasteiger partial charge in [-0.25, -0.2) is 0 Å². The summed E-state index contributed by atoms with van der Waals surface area (Å²) in [7, 11) is 0. The molecular weight excluding hydrogens is 340 g/mol. The maximum atomic E-state index is 11.1. The van der Waals surface area contributed by atoms with Crippen molar-refractivity contribution in [1.29, 1.82) is 0 Å². The SMILES string of the molecule is CC(C)(C)OC(=O)CCOCCO.CCCOCCC(=O)OC(C)(C)C. The van der Waals surface area contributed by atoms with Crippen LogP contribution in [0.1, 0.15) is 67.7 Å². The fraction of sp³-hybridized carbons (Fsp3) is 0.895. The minimum atomic E-state index is -0.436. The molecule has 0 unspecified atom stereocenters. The van der Waals surface area contributed by atoms with E-state index in [9.17, 15) is 9.59 Å². The van der Waals surface area contributed by atoms with Crippen LogP contribution in [0.15, 0.2) is 0 Å². The van der Waals surface area contributed by atoms with Gasteiger partial charge in [0.1, 0.15) is 11.2 Å². The van der Waals surface area contributed by atoms with Gasteiger partial charge in [0, 0.05) is 6.61 Å². The second-order valence-corrected chi connectivity index (χ2v) is 7.62. The monoisotopic (exact) mass is 378 g/mol. The van der Waals surface area contributed by atoms with Crippen molar-refractivity contribution in [2.24, 2.45) is 0 Å². The molecule has 0 aliphatic heterocycles. The number of ether oxygens (including phenoxy) is 4. The van der Waals surface area contributed by atoms with Crippen LogP contribution in [-0.4, -0.2) is 61.3 Å². The lowest BCUT2D eigenvalue weighted by molar-refractivity contribution is -0.157. The van der Waals surface area contributed by atoms with Crippen molar-refractivity contribution < 1.29 is 33.6 Å². The summed E-state index contributed by atoms with van der Waals surface area (Å²) in [4.78, 5) is 22.2. The summed E-state index contributed by atoms with van der Waals surface area (Å²) in [6.45, 7) is 14.8. The minimum absolute atomic E-state index is 0.0195. The van der Waals surface area contributed by atoms with Gasteiger partial charge in [0.15, 0.2) is 0 Å². The van der Waals surface area contributed by atoms with Crippen LogP contribution >= 0.6 is 0 Å². The summed E-state index contributed by atoms with van der Waals surface area (Å²) in [6.07, 6.45) is 1.56. The van der Waals surface area contributed by atoms with Crippen LogP contribution in [0.2, 0.25) is 0 Å². The number of carbonyl (C=O) groups excluding carboxylic acids is 2. The maximum absolute atomic E-state index is 11.1. The molecule has 156 valence electrons. The summed E-state index contributed by atoms with van der Waals surface area (Å²) in [5, 5.41) is 8.38. The van der Waals surface area contributed by atoms with Gasteiger partial charge in [-0.15, -0.1) is 0 Å². The summed E-state index contributed by atoms with van der Waals surface area (Å²) in [5.74, 6) is -0.464. The predicted octanol–water partition coefficient (Wildman–Crippen LogP) is 2.87. The normalized spacial score (nSPS) is 11.4. The van der Waals surface area contributed by atoms with Crippen LogP contribution in [0.3, 0.4) is 0 Å². The zero-order chi connectivity index (χ0) is 20.6. The molecule has 0 bridgehead atoms. The number of rotatable bonds is 10. The molecule has 0 heterocycles. The highest BCUT2D eigenvalue weighted by Crippen LogP contribution is 2.08. The summed E-state index contributed by atoms with van der Waals surface area (Å²) < 4.78 is 20.2. The molecule has 0 aromatic heterocycles. The van der Waals surface area contributed by atoms with E-state index >= 15 is 0 Å². The molecule has 0 aromatic carbocycles. The number of aliphatic hydroxyl groups is 1. The van der Waals surface area contributed by atoms with Crippen LogP contribution < -0.4 is 0 Å². The predicted molar refractivity (Wildman–Crippen MR) is 99.9 cm³/mol.